The molecule has 0 unspecified atom stereocenters. The lowest BCUT2D eigenvalue weighted by Gasteiger charge is -2.13. The fourth-order valence-electron chi connectivity index (χ4n) is 0.819. The second-order valence-corrected chi connectivity index (χ2v) is 3.69. The summed E-state index contributed by atoms with van der Waals surface area (Å²) < 4.78 is 0. The molecule has 0 aromatic carbocycles. The van der Waals surface area contributed by atoms with Gasteiger partial charge in [0, 0.05) is 12.4 Å². The van der Waals surface area contributed by atoms with Crippen LogP contribution in [0.2, 0.25) is 0 Å². The highest BCUT2D eigenvalue weighted by Crippen LogP contribution is 1.97. The normalized spacial score (nSPS) is 10.0. The van der Waals surface area contributed by atoms with E-state index in [0.717, 1.165) is 11.4 Å². The molecular formula is C8H16ClN3O2. The Morgan fingerprint density at radius 3 is 2.64 bits per heavy atom. The Morgan fingerprint density at radius 1 is 1.57 bits per heavy atom. The molecule has 0 aliphatic rings. The molecule has 0 aromatic heterocycles. The van der Waals surface area contributed by atoms with Crippen LogP contribution >= 0.6 is 11.6 Å². The minimum atomic E-state index is -0.485. The van der Waals surface area contributed by atoms with Crippen molar-refractivity contribution in [3.05, 3.63) is 4.91 Å². The van der Waals surface area contributed by atoms with Crippen LogP contribution in [0.15, 0.2) is 5.29 Å². The number of amides is 2. The van der Waals surface area contributed by atoms with Gasteiger partial charge in [0.25, 0.3) is 0 Å². The third-order valence-corrected chi connectivity index (χ3v) is 1.80. The van der Waals surface area contributed by atoms with Crippen molar-refractivity contribution in [2.24, 2.45) is 11.2 Å². The second-order valence-electron chi connectivity index (χ2n) is 3.31. The van der Waals surface area contributed by atoms with Crippen LogP contribution in [0.5, 0.6) is 0 Å². The second kappa shape index (κ2) is 7.55. The predicted octanol–water partition coefficient (Wildman–Crippen LogP) is 1.96. The van der Waals surface area contributed by atoms with Crippen molar-refractivity contribution in [3.63, 3.8) is 0 Å². The van der Waals surface area contributed by atoms with E-state index in [-0.39, 0.29) is 12.4 Å². The first-order chi connectivity index (χ1) is 6.61. The fraction of sp³-hybridized carbons (Fsp3) is 0.875. The van der Waals surface area contributed by atoms with Crippen molar-refractivity contribution in [1.29, 1.82) is 0 Å². The zero-order chi connectivity index (χ0) is 11.0. The minimum absolute atomic E-state index is 0.137. The number of halogens is 1. The van der Waals surface area contributed by atoms with Crippen molar-refractivity contribution in [3.8, 4) is 0 Å². The maximum Gasteiger partial charge on any atom is 0.340 e. The van der Waals surface area contributed by atoms with Gasteiger partial charge in [-0.05, 0) is 12.3 Å². The number of hydrogen-bond acceptors (Lipinski definition) is 3. The molecule has 0 spiro atoms. The fourth-order valence-corrected chi connectivity index (χ4v) is 0.979. The molecule has 0 aliphatic carbocycles. The number of rotatable bonds is 6. The minimum Gasteiger partial charge on any atom is -0.336 e. The van der Waals surface area contributed by atoms with Crippen LogP contribution in [0.3, 0.4) is 0 Å². The first-order valence-electron chi connectivity index (χ1n) is 4.56. The van der Waals surface area contributed by atoms with E-state index in [1.165, 1.54) is 0 Å². The number of nitroso groups, excluding NO2 is 1. The van der Waals surface area contributed by atoms with Crippen molar-refractivity contribution >= 4 is 17.6 Å². The molecule has 0 rings (SSSR count). The van der Waals surface area contributed by atoms with E-state index >= 15 is 0 Å². The molecule has 0 atom stereocenters. The van der Waals surface area contributed by atoms with E-state index in [9.17, 15) is 9.70 Å². The number of hydrogen-bond donors (Lipinski definition) is 1. The standard InChI is InChI=1S/C8H16ClN3O2/c1-7(2)3-5-10-8(13)12(11-14)6-4-9/h7H,3-6H2,1-2H3,(H,10,13). The van der Waals surface area contributed by atoms with Gasteiger partial charge in [-0.25, -0.2) is 4.79 Å². The number of carbonyl (C=O) groups excluding carboxylic acids is 1. The SMILES string of the molecule is CC(C)CCNC(=O)N(CCCl)N=O. The molecule has 0 saturated carbocycles. The van der Waals surface area contributed by atoms with Gasteiger partial charge >= 0.3 is 6.03 Å². The Morgan fingerprint density at radius 2 is 2.21 bits per heavy atom. The summed E-state index contributed by atoms with van der Waals surface area (Å²) in [4.78, 5) is 21.4. The van der Waals surface area contributed by atoms with Gasteiger partial charge in [-0.2, -0.15) is 5.01 Å². The molecule has 6 heteroatoms. The van der Waals surface area contributed by atoms with Crippen LogP contribution in [0, 0.1) is 10.8 Å². The number of nitrogens with zero attached hydrogens (tertiary/aromatic N) is 2. The Kier molecular flexibility index (Phi) is 7.10. The number of urea groups is 1. The maximum absolute atomic E-state index is 11.2. The van der Waals surface area contributed by atoms with E-state index in [1.807, 2.05) is 0 Å². The smallest absolute Gasteiger partial charge is 0.336 e. The molecule has 0 fully saturated rings. The van der Waals surface area contributed by atoms with Gasteiger partial charge in [0.1, 0.15) is 0 Å². The molecule has 82 valence electrons. The molecule has 0 radical (unpaired) electrons. The van der Waals surface area contributed by atoms with Crippen molar-refractivity contribution < 1.29 is 4.79 Å². The number of alkyl halides is 1. The Bertz CT molecular complexity index is 187. The zero-order valence-electron chi connectivity index (χ0n) is 8.49. The molecule has 0 aliphatic heterocycles. The van der Waals surface area contributed by atoms with Crippen LogP contribution in [-0.4, -0.2) is 30.0 Å². The van der Waals surface area contributed by atoms with Crippen LogP contribution in [-0.2, 0) is 0 Å². The lowest BCUT2D eigenvalue weighted by Crippen LogP contribution is -2.38. The summed E-state index contributed by atoms with van der Waals surface area (Å²) in [6.07, 6.45) is 0.874. The van der Waals surface area contributed by atoms with Crippen LogP contribution < -0.4 is 5.32 Å². The first kappa shape index (κ1) is 13.2. The maximum atomic E-state index is 11.2. The summed E-state index contributed by atoms with van der Waals surface area (Å²) in [5.74, 6) is 0.713. The highest BCUT2D eigenvalue weighted by molar-refractivity contribution is 6.18. The van der Waals surface area contributed by atoms with Gasteiger partial charge in [-0.15, -0.1) is 16.5 Å². The van der Waals surface area contributed by atoms with Crippen molar-refractivity contribution in [1.82, 2.24) is 10.3 Å². The third-order valence-electron chi connectivity index (χ3n) is 1.63. The highest BCUT2D eigenvalue weighted by atomic mass is 35.5. The molecule has 0 aromatic rings. The molecule has 5 nitrogen and oxygen atoms in total. The monoisotopic (exact) mass is 221 g/mol. The highest BCUT2D eigenvalue weighted by Gasteiger charge is 2.11. The van der Waals surface area contributed by atoms with E-state index in [2.05, 4.69) is 24.5 Å². The van der Waals surface area contributed by atoms with Gasteiger partial charge in [0.05, 0.1) is 11.8 Å². The molecule has 0 saturated heterocycles. The van der Waals surface area contributed by atoms with E-state index in [1.54, 1.807) is 0 Å². The summed E-state index contributed by atoms with van der Waals surface area (Å²) in [6, 6.07) is -0.485. The average molecular weight is 222 g/mol. The molecule has 0 bridgehead atoms. The van der Waals surface area contributed by atoms with Gasteiger partial charge in [-0.1, -0.05) is 13.8 Å². The first-order valence-corrected chi connectivity index (χ1v) is 5.09. The van der Waals surface area contributed by atoms with Gasteiger partial charge in [0.2, 0.25) is 0 Å². The summed E-state index contributed by atoms with van der Waals surface area (Å²) >= 11 is 5.38. The summed E-state index contributed by atoms with van der Waals surface area (Å²) in [5.41, 5.74) is 0. The van der Waals surface area contributed by atoms with Gasteiger partial charge in [0.15, 0.2) is 0 Å². The summed E-state index contributed by atoms with van der Waals surface area (Å²) in [6.45, 7) is 4.80. The van der Waals surface area contributed by atoms with Gasteiger partial charge < -0.3 is 5.32 Å². The lowest BCUT2D eigenvalue weighted by atomic mass is 10.1. The third kappa shape index (κ3) is 5.75. The van der Waals surface area contributed by atoms with Gasteiger partial charge in [-0.3, -0.25) is 0 Å². The topological polar surface area (TPSA) is 61.8 Å². The number of nitrogens with one attached hydrogen (secondary N) is 1. The van der Waals surface area contributed by atoms with Crippen molar-refractivity contribution in [2.45, 2.75) is 20.3 Å². The van der Waals surface area contributed by atoms with Crippen LogP contribution in [0.25, 0.3) is 0 Å². The van der Waals surface area contributed by atoms with Crippen LogP contribution in [0.4, 0.5) is 4.79 Å². The van der Waals surface area contributed by atoms with Crippen molar-refractivity contribution in [2.75, 3.05) is 19.0 Å². The van der Waals surface area contributed by atoms with E-state index in [0.29, 0.717) is 12.5 Å². The average Bonchev–Trinajstić information content (AvgIpc) is 2.13. The molecule has 2 amide bonds. The molecule has 14 heavy (non-hydrogen) atoms. The number of carbonyl (C=O) groups is 1. The van der Waals surface area contributed by atoms with Crippen LogP contribution in [0.1, 0.15) is 20.3 Å². The Balaban J connectivity index is 3.75. The molecule has 0 heterocycles. The quantitative estimate of drug-likeness (QED) is 0.424. The summed E-state index contributed by atoms with van der Waals surface area (Å²) in [7, 11) is 0. The largest absolute Gasteiger partial charge is 0.340 e. The van der Waals surface area contributed by atoms with E-state index < -0.39 is 6.03 Å². The Labute approximate surface area is 88.7 Å². The predicted molar refractivity (Wildman–Crippen MR) is 56.1 cm³/mol. The van der Waals surface area contributed by atoms with E-state index in [4.69, 9.17) is 11.6 Å². The molecule has 1 N–H and O–H groups in total. The summed E-state index contributed by atoms with van der Waals surface area (Å²) in [5, 5.41) is 5.93. The Hall–Kier alpha value is -0.840. The zero-order valence-corrected chi connectivity index (χ0v) is 9.25. The molecular weight excluding hydrogens is 206 g/mol. The lowest BCUT2D eigenvalue weighted by molar-refractivity contribution is 0.202.